The number of nitrogens with two attached hydrogens (primary N) is 1. The molecule has 1 aromatic carbocycles. The quantitative estimate of drug-likeness (QED) is 0.894. The van der Waals surface area contributed by atoms with Gasteiger partial charge < -0.3 is 5.73 Å². The van der Waals surface area contributed by atoms with E-state index in [2.05, 4.69) is 4.72 Å². The lowest BCUT2D eigenvalue weighted by Gasteiger charge is -2.30. The monoisotopic (exact) mass is 324 g/mol. The Morgan fingerprint density at radius 3 is 2.11 bits per heavy atom. The summed E-state index contributed by atoms with van der Waals surface area (Å²) < 4.78 is 27.3. The van der Waals surface area contributed by atoms with Crippen LogP contribution in [0.4, 0.5) is 0 Å². The van der Waals surface area contributed by atoms with Crippen molar-refractivity contribution in [3.8, 4) is 0 Å². The molecule has 0 amide bonds. The Morgan fingerprint density at radius 1 is 1.26 bits per heavy atom. The van der Waals surface area contributed by atoms with Crippen molar-refractivity contribution in [1.29, 1.82) is 0 Å². The van der Waals surface area contributed by atoms with Crippen LogP contribution in [0, 0.1) is 5.41 Å². The minimum Gasteiger partial charge on any atom is -0.329 e. The fraction of sp³-hybridized carbons (Fsp3) is 0.500. The highest BCUT2D eigenvalue weighted by Crippen LogP contribution is 2.30. The Hall–Kier alpha value is -0.330. The maximum Gasteiger partial charge on any atom is 0.243 e. The van der Waals surface area contributed by atoms with Crippen LogP contribution in [-0.2, 0) is 10.0 Å². The topological polar surface area (TPSA) is 72.2 Å². The minimum atomic E-state index is -3.81. The number of benzene rings is 1. The van der Waals surface area contributed by atoms with E-state index >= 15 is 0 Å². The third-order valence-corrected chi connectivity index (χ3v) is 5.19. The van der Waals surface area contributed by atoms with Crippen molar-refractivity contribution in [3.63, 3.8) is 0 Å². The molecular weight excluding hydrogens is 307 g/mol. The van der Waals surface area contributed by atoms with Crippen LogP contribution in [0.3, 0.4) is 0 Å². The first-order chi connectivity index (χ1) is 8.59. The van der Waals surface area contributed by atoms with Crippen molar-refractivity contribution < 1.29 is 8.42 Å². The summed E-state index contributed by atoms with van der Waals surface area (Å²) in [6.45, 7) is 5.90. The molecular formula is C12H18Cl2N2O2S. The standard InChI is InChI=1S/C12H18Cl2N2O2S/c1-12(2,3)10(7-15)16-19(17,18)11-8(13)5-4-6-9(11)14/h4-6,10,16H,7,15H2,1-3H3. The number of nitrogens with one attached hydrogen (secondary N) is 1. The molecule has 4 nitrogen and oxygen atoms in total. The van der Waals surface area contributed by atoms with Crippen LogP contribution >= 0.6 is 23.2 Å². The molecule has 108 valence electrons. The maximum atomic E-state index is 12.4. The van der Waals surface area contributed by atoms with Crippen molar-refractivity contribution >= 4 is 33.2 Å². The van der Waals surface area contributed by atoms with Crippen LogP contribution in [-0.4, -0.2) is 21.0 Å². The van der Waals surface area contributed by atoms with Gasteiger partial charge in [-0.2, -0.15) is 0 Å². The van der Waals surface area contributed by atoms with Gasteiger partial charge in [0.25, 0.3) is 0 Å². The largest absolute Gasteiger partial charge is 0.329 e. The molecule has 0 radical (unpaired) electrons. The molecule has 0 bridgehead atoms. The molecule has 3 N–H and O–H groups in total. The van der Waals surface area contributed by atoms with Crippen molar-refractivity contribution in [3.05, 3.63) is 28.2 Å². The van der Waals surface area contributed by atoms with Crippen LogP contribution in [0.5, 0.6) is 0 Å². The zero-order valence-electron chi connectivity index (χ0n) is 11.1. The summed E-state index contributed by atoms with van der Waals surface area (Å²) in [5, 5.41) is 0.175. The molecule has 19 heavy (non-hydrogen) atoms. The van der Waals surface area contributed by atoms with E-state index in [0.29, 0.717) is 0 Å². The SMILES string of the molecule is CC(C)(C)C(CN)NS(=O)(=O)c1c(Cl)cccc1Cl. The van der Waals surface area contributed by atoms with Crippen molar-refractivity contribution in [2.24, 2.45) is 11.1 Å². The third-order valence-electron chi connectivity index (χ3n) is 2.77. The molecule has 0 aromatic heterocycles. The Balaban J connectivity index is 3.19. The minimum absolute atomic E-state index is 0.0877. The molecule has 0 saturated carbocycles. The summed E-state index contributed by atoms with van der Waals surface area (Å²) in [6, 6.07) is 4.14. The lowest BCUT2D eigenvalue weighted by molar-refractivity contribution is 0.304. The average molecular weight is 325 g/mol. The Bertz CT molecular complexity index is 533. The molecule has 0 heterocycles. The third kappa shape index (κ3) is 4.07. The molecule has 0 spiro atoms. The van der Waals surface area contributed by atoms with Crippen LogP contribution in [0.1, 0.15) is 20.8 Å². The second kappa shape index (κ2) is 5.97. The molecule has 1 atom stereocenters. The zero-order chi connectivity index (χ0) is 14.8. The van der Waals surface area contributed by atoms with Gasteiger partial charge in [-0.05, 0) is 17.5 Å². The summed E-state index contributed by atoms with van der Waals surface area (Å²) in [5.41, 5.74) is 5.32. The molecule has 1 rings (SSSR count). The molecule has 0 fully saturated rings. The first-order valence-electron chi connectivity index (χ1n) is 5.76. The normalized spacial score (nSPS) is 14.4. The van der Waals surface area contributed by atoms with E-state index in [1.807, 2.05) is 20.8 Å². The Morgan fingerprint density at radius 2 is 1.74 bits per heavy atom. The van der Waals surface area contributed by atoms with Crippen LogP contribution in [0.15, 0.2) is 23.1 Å². The number of rotatable bonds is 4. The van der Waals surface area contributed by atoms with Gasteiger partial charge in [-0.25, -0.2) is 13.1 Å². The van der Waals surface area contributed by atoms with Gasteiger partial charge in [0.05, 0.1) is 10.0 Å². The molecule has 0 aliphatic heterocycles. The van der Waals surface area contributed by atoms with E-state index < -0.39 is 16.1 Å². The number of hydrogen-bond acceptors (Lipinski definition) is 3. The number of halogens is 2. The van der Waals surface area contributed by atoms with Gasteiger partial charge >= 0.3 is 0 Å². The maximum absolute atomic E-state index is 12.4. The summed E-state index contributed by atoms with van der Waals surface area (Å²) >= 11 is 11.8. The van der Waals surface area contributed by atoms with E-state index in [1.165, 1.54) is 12.1 Å². The van der Waals surface area contributed by atoms with Gasteiger partial charge in [-0.3, -0.25) is 0 Å². The second-order valence-electron chi connectivity index (χ2n) is 5.33. The Labute approximate surface area is 124 Å². The summed E-state index contributed by atoms with van der Waals surface area (Å²) in [4.78, 5) is -0.110. The van der Waals surface area contributed by atoms with Gasteiger partial charge in [0, 0.05) is 12.6 Å². The smallest absolute Gasteiger partial charge is 0.243 e. The fourth-order valence-electron chi connectivity index (χ4n) is 1.56. The predicted molar refractivity (Wildman–Crippen MR) is 79.1 cm³/mol. The van der Waals surface area contributed by atoms with E-state index in [0.717, 1.165) is 0 Å². The molecule has 1 aromatic rings. The highest BCUT2D eigenvalue weighted by molar-refractivity contribution is 7.89. The molecule has 0 saturated heterocycles. The first kappa shape index (κ1) is 16.7. The molecule has 0 aliphatic carbocycles. The highest BCUT2D eigenvalue weighted by atomic mass is 35.5. The summed E-state index contributed by atoms with van der Waals surface area (Å²) in [6.07, 6.45) is 0. The predicted octanol–water partition coefficient (Wildman–Crippen LogP) is 2.65. The average Bonchev–Trinajstić information content (AvgIpc) is 2.23. The van der Waals surface area contributed by atoms with Crippen LogP contribution in [0.2, 0.25) is 10.0 Å². The van der Waals surface area contributed by atoms with Crippen molar-refractivity contribution in [2.45, 2.75) is 31.7 Å². The number of sulfonamides is 1. The zero-order valence-corrected chi connectivity index (χ0v) is 13.4. The lowest BCUT2D eigenvalue weighted by atomic mass is 9.88. The van der Waals surface area contributed by atoms with Gasteiger partial charge in [-0.1, -0.05) is 50.0 Å². The number of hydrogen-bond donors (Lipinski definition) is 2. The van der Waals surface area contributed by atoms with Gasteiger partial charge in [0.2, 0.25) is 10.0 Å². The lowest BCUT2D eigenvalue weighted by Crippen LogP contribution is -2.48. The Kier molecular flexibility index (Phi) is 5.26. The van der Waals surface area contributed by atoms with Gasteiger partial charge in [0.1, 0.15) is 4.90 Å². The van der Waals surface area contributed by atoms with E-state index in [9.17, 15) is 8.42 Å². The highest BCUT2D eigenvalue weighted by Gasteiger charge is 2.30. The fourth-order valence-corrected chi connectivity index (χ4v) is 4.16. The van der Waals surface area contributed by atoms with E-state index in [-0.39, 0.29) is 26.9 Å². The molecule has 1 unspecified atom stereocenters. The van der Waals surface area contributed by atoms with Crippen LogP contribution in [0.25, 0.3) is 0 Å². The van der Waals surface area contributed by atoms with E-state index in [1.54, 1.807) is 6.07 Å². The molecule has 7 heteroatoms. The van der Waals surface area contributed by atoms with Crippen molar-refractivity contribution in [1.82, 2.24) is 4.72 Å². The van der Waals surface area contributed by atoms with E-state index in [4.69, 9.17) is 28.9 Å². The van der Waals surface area contributed by atoms with Crippen LogP contribution < -0.4 is 10.5 Å². The second-order valence-corrected chi connectivity index (χ2v) is 7.79. The van der Waals surface area contributed by atoms with Gasteiger partial charge in [0.15, 0.2) is 0 Å². The van der Waals surface area contributed by atoms with Crippen molar-refractivity contribution in [2.75, 3.05) is 6.54 Å². The van der Waals surface area contributed by atoms with Gasteiger partial charge in [-0.15, -0.1) is 0 Å². The summed E-state index contributed by atoms with van der Waals surface area (Å²) in [7, 11) is -3.81. The molecule has 0 aliphatic rings. The summed E-state index contributed by atoms with van der Waals surface area (Å²) in [5.74, 6) is 0. The first-order valence-corrected chi connectivity index (χ1v) is 8.00.